The molecule has 0 aliphatic carbocycles. The molecule has 4 aromatic rings. The summed E-state index contributed by atoms with van der Waals surface area (Å²) >= 11 is 5.74. The molecule has 30 heavy (non-hydrogen) atoms. The van der Waals surface area contributed by atoms with Gasteiger partial charge in [0.25, 0.3) is 0 Å². The SMILES string of the molecule is Oc1ccc(N2C(=S)N[C@@H](c3ccccn3)[C@@H]2c2cccn2Cc2ccco2)cc1. The van der Waals surface area contributed by atoms with Crippen LogP contribution in [-0.2, 0) is 6.54 Å². The van der Waals surface area contributed by atoms with E-state index < -0.39 is 0 Å². The summed E-state index contributed by atoms with van der Waals surface area (Å²) in [5.41, 5.74) is 2.90. The largest absolute Gasteiger partial charge is 0.508 e. The summed E-state index contributed by atoms with van der Waals surface area (Å²) in [6, 6.07) is 20.7. The number of pyridine rings is 1. The van der Waals surface area contributed by atoms with Gasteiger partial charge in [0.1, 0.15) is 17.6 Å². The Morgan fingerprint density at radius 2 is 1.90 bits per heavy atom. The molecule has 0 amide bonds. The van der Waals surface area contributed by atoms with Gasteiger partial charge in [-0.1, -0.05) is 6.07 Å². The average Bonchev–Trinajstić information content (AvgIpc) is 3.50. The lowest BCUT2D eigenvalue weighted by molar-refractivity contribution is 0.473. The van der Waals surface area contributed by atoms with Gasteiger partial charge in [-0.3, -0.25) is 4.98 Å². The van der Waals surface area contributed by atoms with Crippen LogP contribution in [0.2, 0.25) is 0 Å². The fraction of sp³-hybridized carbons (Fsp3) is 0.130. The fourth-order valence-corrected chi connectivity index (χ4v) is 4.30. The maximum Gasteiger partial charge on any atom is 0.174 e. The molecule has 2 atom stereocenters. The quantitative estimate of drug-likeness (QED) is 0.470. The molecule has 1 aliphatic rings. The number of hydrogen-bond donors (Lipinski definition) is 2. The number of hydrogen-bond acceptors (Lipinski definition) is 4. The van der Waals surface area contributed by atoms with Crippen molar-refractivity contribution in [2.75, 3.05) is 4.90 Å². The molecule has 3 aromatic heterocycles. The lowest BCUT2D eigenvalue weighted by Gasteiger charge is -2.29. The van der Waals surface area contributed by atoms with Gasteiger partial charge in [-0.05, 0) is 72.9 Å². The minimum atomic E-state index is -0.127. The van der Waals surface area contributed by atoms with Crippen LogP contribution in [-0.4, -0.2) is 19.8 Å². The standard InChI is InChI=1S/C23H20N4O2S/c28-17-10-8-16(9-11-17)27-22(21(25-23(27)30)19-6-1-2-12-24-19)20-7-3-13-26(20)15-18-5-4-14-29-18/h1-14,21-22,28H,15H2,(H,25,30)/t21-,22-/m0/s1. The third kappa shape index (κ3) is 3.33. The van der Waals surface area contributed by atoms with Crippen molar-refractivity contribution in [3.05, 3.63) is 103 Å². The van der Waals surface area contributed by atoms with Crippen molar-refractivity contribution in [3.63, 3.8) is 0 Å². The van der Waals surface area contributed by atoms with Gasteiger partial charge in [-0.2, -0.15) is 0 Å². The van der Waals surface area contributed by atoms with E-state index in [1.165, 1.54) is 0 Å². The zero-order valence-electron chi connectivity index (χ0n) is 16.1. The van der Waals surface area contributed by atoms with Crippen LogP contribution in [0.15, 0.2) is 89.8 Å². The summed E-state index contributed by atoms with van der Waals surface area (Å²) in [7, 11) is 0. The number of benzene rings is 1. The molecule has 1 fully saturated rings. The second-order valence-electron chi connectivity index (χ2n) is 7.15. The maximum absolute atomic E-state index is 9.74. The topological polar surface area (TPSA) is 66.5 Å². The van der Waals surface area contributed by atoms with Crippen molar-refractivity contribution < 1.29 is 9.52 Å². The third-order valence-electron chi connectivity index (χ3n) is 5.30. The normalized spacial score (nSPS) is 18.5. The van der Waals surface area contributed by atoms with E-state index in [2.05, 4.69) is 25.8 Å². The lowest BCUT2D eigenvalue weighted by atomic mass is 10.0. The summed E-state index contributed by atoms with van der Waals surface area (Å²) in [4.78, 5) is 6.67. The Kier molecular flexibility index (Phi) is 4.72. The number of anilines is 1. The summed E-state index contributed by atoms with van der Waals surface area (Å²) in [5, 5.41) is 13.8. The number of nitrogens with one attached hydrogen (secondary N) is 1. The minimum absolute atomic E-state index is 0.123. The third-order valence-corrected chi connectivity index (χ3v) is 5.61. The predicted octanol–water partition coefficient (Wildman–Crippen LogP) is 4.41. The number of aromatic hydroxyl groups is 1. The molecule has 0 saturated carbocycles. The van der Waals surface area contributed by atoms with Crippen LogP contribution in [0.1, 0.15) is 29.2 Å². The number of phenols is 1. The Morgan fingerprint density at radius 3 is 2.63 bits per heavy atom. The van der Waals surface area contributed by atoms with Gasteiger partial charge < -0.3 is 24.3 Å². The first kappa shape index (κ1) is 18.4. The van der Waals surface area contributed by atoms with Gasteiger partial charge in [0.15, 0.2) is 5.11 Å². The molecule has 1 aliphatic heterocycles. The molecule has 2 N–H and O–H groups in total. The number of rotatable bonds is 5. The van der Waals surface area contributed by atoms with Crippen LogP contribution in [0.25, 0.3) is 0 Å². The van der Waals surface area contributed by atoms with Crippen LogP contribution in [0.5, 0.6) is 5.75 Å². The highest BCUT2D eigenvalue weighted by molar-refractivity contribution is 7.80. The minimum Gasteiger partial charge on any atom is -0.508 e. The molecular weight excluding hydrogens is 396 g/mol. The first-order chi connectivity index (χ1) is 14.7. The molecule has 4 heterocycles. The first-order valence-electron chi connectivity index (χ1n) is 9.68. The molecule has 7 heteroatoms. The van der Waals surface area contributed by atoms with Crippen molar-refractivity contribution in [3.8, 4) is 5.75 Å². The average molecular weight is 417 g/mol. The lowest BCUT2D eigenvalue weighted by Crippen LogP contribution is -2.30. The van der Waals surface area contributed by atoms with Gasteiger partial charge in [0, 0.05) is 23.8 Å². The Hall–Kier alpha value is -3.58. The molecule has 0 bridgehead atoms. The number of phenolic OH excluding ortho intramolecular Hbond substituents is 1. The molecule has 1 aromatic carbocycles. The Morgan fingerprint density at radius 1 is 1.03 bits per heavy atom. The first-order valence-corrected chi connectivity index (χ1v) is 10.1. The van der Waals surface area contributed by atoms with E-state index in [4.69, 9.17) is 16.6 Å². The van der Waals surface area contributed by atoms with Crippen molar-refractivity contribution in [2.24, 2.45) is 0 Å². The molecule has 0 radical (unpaired) electrons. The molecule has 6 nitrogen and oxygen atoms in total. The highest BCUT2D eigenvalue weighted by atomic mass is 32.1. The van der Waals surface area contributed by atoms with Crippen LogP contribution in [0.3, 0.4) is 0 Å². The van der Waals surface area contributed by atoms with Crippen molar-refractivity contribution in [1.82, 2.24) is 14.9 Å². The van der Waals surface area contributed by atoms with E-state index in [0.717, 1.165) is 22.8 Å². The second-order valence-corrected chi connectivity index (χ2v) is 7.54. The number of thiocarbonyl (C=S) groups is 1. The summed E-state index contributed by atoms with van der Waals surface area (Å²) < 4.78 is 7.73. The summed E-state index contributed by atoms with van der Waals surface area (Å²) in [6.45, 7) is 0.622. The molecular formula is C23H20N4O2S. The van der Waals surface area contributed by atoms with Crippen LogP contribution < -0.4 is 10.2 Å². The van der Waals surface area contributed by atoms with Crippen molar-refractivity contribution >= 4 is 23.0 Å². The smallest absolute Gasteiger partial charge is 0.174 e. The van der Waals surface area contributed by atoms with E-state index in [1.807, 2.05) is 54.7 Å². The number of aromatic nitrogens is 2. The maximum atomic E-state index is 9.74. The van der Waals surface area contributed by atoms with Crippen molar-refractivity contribution in [1.29, 1.82) is 0 Å². The monoisotopic (exact) mass is 416 g/mol. The molecule has 0 spiro atoms. The zero-order chi connectivity index (χ0) is 20.5. The van der Waals surface area contributed by atoms with E-state index in [0.29, 0.717) is 11.7 Å². The molecule has 150 valence electrons. The summed E-state index contributed by atoms with van der Waals surface area (Å²) in [6.07, 6.45) is 5.52. The predicted molar refractivity (Wildman–Crippen MR) is 118 cm³/mol. The fourth-order valence-electron chi connectivity index (χ4n) is 3.96. The van der Waals surface area contributed by atoms with E-state index in [-0.39, 0.29) is 17.8 Å². The molecule has 0 unspecified atom stereocenters. The van der Waals surface area contributed by atoms with Gasteiger partial charge in [0.05, 0.1) is 24.5 Å². The van der Waals surface area contributed by atoms with Crippen molar-refractivity contribution in [2.45, 2.75) is 18.6 Å². The van der Waals surface area contributed by atoms with Gasteiger partial charge in [-0.25, -0.2) is 0 Å². The molecule has 1 saturated heterocycles. The van der Waals surface area contributed by atoms with E-state index in [9.17, 15) is 5.11 Å². The Balaban J connectivity index is 1.60. The highest BCUT2D eigenvalue weighted by Crippen LogP contribution is 2.42. The van der Waals surface area contributed by atoms with Crippen LogP contribution in [0.4, 0.5) is 5.69 Å². The number of nitrogens with zero attached hydrogens (tertiary/aromatic N) is 3. The second kappa shape index (κ2) is 7.68. The van der Waals surface area contributed by atoms with Gasteiger partial charge in [0.2, 0.25) is 0 Å². The highest BCUT2D eigenvalue weighted by Gasteiger charge is 2.42. The zero-order valence-corrected chi connectivity index (χ0v) is 16.9. The Bertz CT molecular complexity index is 1140. The van der Waals surface area contributed by atoms with Gasteiger partial charge in [-0.15, -0.1) is 0 Å². The summed E-state index contributed by atoms with van der Waals surface area (Å²) in [5.74, 6) is 1.10. The number of furan rings is 1. The van der Waals surface area contributed by atoms with Gasteiger partial charge >= 0.3 is 0 Å². The Labute approximate surface area is 179 Å². The van der Waals surface area contributed by atoms with E-state index >= 15 is 0 Å². The van der Waals surface area contributed by atoms with Crippen LogP contribution in [0, 0.1) is 0 Å². The van der Waals surface area contributed by atoms with Crippen LogP contribution >= 0.6 is 12.2 Å². The van der Waals surface area contributed by atoms with E-state index in [1.54, 1.807) is 24.6 Å². The molecule has 5 rings (SSSR count).